The minimum atomic E-state index is -0.147. The van der Waals surface area contributed by atoms with Gasteiger partial charge in [0.25, 0.3) is 0 Å². The van der Waals surface area contributed by atoms with E-state index >= 15 is 0 Å². The summed E-state index contributed by atoms with van der Waals surface area (Å²) in [5.74, 6) is 0. The van der Waals surface area contributed by atoms with Crippen LogP contribution in [-0.2, 0) is 37.0 Å². The largest absolute Gasteiger partial charge is 0.340 e. The Labute approximate surface area is 678 Å². The summed E-state index contributed by atoms with van der Waals surface area (Å²) in [5.41, 5.74) is 29.0. The predicted molar refractivity (Wildman–Crippen MR) is 488 cm³/mol. The molecule has 7 heteroatoms. The van der Waals surface area contributed by atoms with E-state index in [1.165, 1.54) is 254 Å². The number of nitrogens with zero attached hydrogens (tertiary/aromatic N) is 6. The van der Waals surface area contributed by atoms with Crippen molar-refractivity contribution in [2.24, 2.45) is 0 Å². The summed E-state index contributed by atoms with van der Waals surface area (Å²) in [6.07, 6.45) is 23.3. The minimum Gasteiger partial charge on any atom is -0.340 e. The van der Waals surface area contributed by atoms with Crippen molar-refractivity contribution in [3.8, 4) is 44.5 Å². The van der Waals surface area contributed by atoms with Crippen LogP contribution in [-0.4, -0.2) is 27.0 Å². The molecular formula is C108H98N6S. The van der Waals surface area contributed by atoms with E-state index < -0.39 is 0 Å². The molecule has 5 aromatic heterocycles. The van der Waals surface area contributed by atoms with Crippen LogP contribution in [0.4, 0.5) is 0 Å². The molecule has 0 bridgehead atoms. The summed E-state index contributed by atoms with van der Waals surface area (Å²) in [6.45, 7) is 4.10. The molecule has 0 unspecified atom stereocenters. The lowest BCUT2D eigenvalue weighted by Gasteiger charge is -2.33. The maximum Gasteiger partial charge on any atom is 0.113 e. The average molecular weight is 1510 g/mol. The number of aryl methyl sites for hydroxylation is 4. The third-order valence-electron chi connectivity index (χ3n) is 27.2. The highest BCUT2D eigenvalue weighted by molar-refractivity contribution is 7.00. The van der Waals surface area contributed by atoms with Gasteiger partial charge < -0.3 is 18.3 Å². The molecular weight excluding hydrogens is 1410 g/mol. The Hall–Kier alpha value is -11.6. The maximum absolute atomic E-state index is 5.44. The van der Waals surface area contributed by atoms with Crippen LogP contribution < -0.4 is 0 Å². The van der Waals surface area contributed by atoms with Crippen LogP contribution in [0.5, 0.6) is 0 Å². The summed E-state index contributed by atoms with van der Waals surface area (Å²) in [5, 5.41) is 13.3. The monoisotopic (exact) mass is 1510 g/mol. The van der Waals surface area contributed by atoms with E-state index in [2.05, 4.69) is 322 Å². The number of aromatic nitrogens is 6. The van der Waals surface area contributed by atoms with Crippen LogP contribution in [0, 0.1) is 0 Å². The molecule has 0 fully saturated rings. The lowest BCUT2D eigenvalue weighted by Crippen LogP contribution is -2.25. The number of hydrogen-bond donors (Lipinski definition) is 0. The highest BCUT2D eigenvalue weighted by Crippen LogP contribution is 2.58. The zero-order valence-corrected chi connectivity index (χ0v) is 66.7. The van der Waals surface area contributed by atoms with Gasteiger partial charge in [0.15, 0.2) is 0 Å². The summed E-state index contributed by atoms with van der Waals surface area (Å²) in [7, 11) is 0. The fraction of sp³-hybridized carbons (Fsp3) is 0.241. The number of rotatable bonds is 30. The van der Waals surface area contributed by atoms with Crippen LogP contribution >= 0.6 is 11.7 Å². The normalized spacial score (nSPS) is 13.5. The summed E-state index contributed by atoms with van der Waals surface area (Å²) >= 11 is 1.37. The minimum absolute atomic E-state index is 0.147. The van der Waals surface area contributed by atoms with Crippen LogP contribution in [0.3, 0.4) is 0 Å². The smallest absolute Gasteiger partial charge is 0.113 e. The van der Waals surface area contributed by atoms with Gasteiger partial charge in [0, 0.05) is 135 Å². The molecule has 0 saturated carbocycles. The lowest BCUT2D eigenvalue weighted by atomic mass is 9.70. The standard InChI is InChI=1S/C108H98N6S/c1(5-35-69-111-95-53-23-13-41-81(95)82-42-14-24-54-96(82)111)31-65-107(66-32-2-6-36-70-112-97-55-25-15-43-83(97)84-44-16-26-56-98(84)112)91-51-21-11-39-77(91)79-63-61-75(73-93(79)107)103-89-49-9-10-50-90(89)104(106-105(103)109-115-110-106)76-62-64-80-78-40-12-22-52-92(78)108(94(80)74-76,67-33-3-7-37-71-113-99-57-27-17-45-85(99)86-46-18-28-58-100(86)113)68-34-4-8-38-72-114-101-59-29-19-47-87(101)88-48-20-30-60-102(88)114/h9-30,39-64,73-74H,1-8,31-38,65-72H2. The highest BCUT2D eigenvalue weighted by atomic mass is 32.1. The number of benzene rings is 14. The Balaban J connectivity index is 0.601. The van der Waals surface area contributed by atoms with Gasteiger partial charge in [-0.15, -0.1) is 0 Å². The first-order valence-corrected chi connectivity index (χ1v) is 43.8. The Kier molecular flexibility index (Phi) is 18.9. The molecule has 0 spiro atoms. The quantitative estimate of drug-likeness (QED) is 0.0421. The van der Waals surface area contributed by atoms with Crippen molar-refractivity contribution in [1.82, 2.24) is 27.0 Å². The maximum atomic E-state index is 5.44. The van der Waals surface area contributed by atoms with E-state index in [0.29, 0.717) is 0 Å². The van der Waals surface area contributed by atoms with Crippen molar-refractivity contribution in [1.29, 1.82) is 0 Å². The van der Waals surface area contributed by atoms with E-state index in [0.717, 1.165) is 88.6 Å². The number of hydrogen-bond acceptors (Lipinski definition) is 3. The van der Waals surface area contributed by atoms with Crippen molar-refractivity contribution >= 4 is 121 Å². The van der Waals surface area contributed by atoms with E-state index in [9.17, 15) is 0 Å². The molecule has 0 saturated heterocycles. The Morgan fingerprint density at radius 2 is 0.435 bits per heavy atom. The van der Waals surface area contributed by atoms with Gasteiger partial charge in [-0.25, -0.2) is 0 Å². The van der Waals surface area contributed by atoms with Crippen molar-refractivity contribution in [2.45, 2.75) is 165 Å². The fourth-order valence-electron chi connectivity index (χ4n) is 22.0. The summed E-state index contributed by atoms with van der Waals surface area (Å²) in [4.78, 5) is 0. The zero-order chi connectivity index (χ0) is 76.2. The highest BCUT2D eigenvalue weighted by Gasteiger charge is 2.44. The second-order valence-electron chi connectivity index (χ2n) is 33.4. The Bertz CT molecular complexity index is 6000. The van der Waals surface area contributed by atoms with Crippen molar-refractivity contribution in [2.75, 3.05) is 0 Å². The van der Waals surface area contributed by atoms with Gasteiger partial charge in [-0.3, -0.25) is 0 Å². The van der Waals surface area contributed by atoms with Crippen LogP contribution in [0.25, 0.3) is 154 Å². The molecule has 2 aliphatic rings. The molecule has 0 N–H and O–H groups in total. The van der Waals surface area contributed by atoms with Crippen LogP contribution in [0.1, 0.15) is 151 Å². The molecule has 0 aliphatic heterocycles. The Morgan fingerprint density at radius 1 is 0.209 bits per heavy atom. The molecule has 6 nitrogen and oxygen atoms in total. The first-order valence-electron chi connectivity index (χ1n) is 43.1. The predicted octanol–water partition coefficient (Wildman–Crippen LogP) is 29.7. The third-order valence-corrected chi connectivity index (χ3v) is 27.7. The Morgan fingerprint density at radius 3 is 0.713 bits per heavy atom. The van der Waals surface area contributed by atoms with Crippen LogP contribution in [0.2, 0.25) is 0 Å². The lowest BCUT2D eigenvalue weighted by molar-refractivity contribution is 0.397. The first-order chi connectivity index (χ1) is 57.1. The molecule has 0 atom stereocenters. The van der Waals surface area contributed by atoms with Gasteiger partial charge in [-0.2, -0.15) is 8.75 Å². The topological polar surface area (TPSA) is 45.5 Å². The molecule has 5 heterocycles. The van der Waals surface area contributed by atoms with Gasteiger partial charge in [-0.1, -0.05) is 320 Å². The fourth-order valence-corrected chi connectivity index (χ4v) is 22.6. The molecule has 21 rings (SSSR count). The zero-order valence-electron chi connectivity index (χ0n) is 65.9. The van der Waals surface area contributed by atoms with E-state index in [1.54, 1.807) is 0 Å². The van der Waals surface area contributed by atoms with Crippen LogP contribution in [0.15, 0.2) is 303 Å². The molecule has 115 heavy (non-hydrogen) atoms. The van der Waals surface area contributed by atoms with Crippen molar-refractivity contribution in [3.05, 3.63) is 326 Å². The summed E-state index contributed by atoms with van der Waals surface area (Å²) in [6, 6.07) is 115. The molecule has 19 aromatic rings. The van der Waals surface area contributed by atoms with Crippen molar-refractivity contribution in [3.63, 3.8) is 0 Å². The third kappa shape index (κ3) is 12.3. The summed E-state index contributed by atoms with van der Waals surface area (Å²) < 4.78 is 21.2. The number of unbranched alkanes of at least 4 members (excludes halogenated alkanes) is 12. The molecule has 2 aliphatic carbocycles. The van der Waals surface area contributed by atoms with Gasteiger partial charge >= 0.3 is 0 Å². The van der Waals surface area contributed by atoms with Gasteiger partial charge in [0.2, 0.25) is 0 Å². The molecule has 566 valence electrons. The van der Waals surface area contributed by atoms with E-state index in [4.69, 9.17) is 8.75 Å². The second-order valence-corrected chi connectivity index (χ2v) is 34.0. The van der Waals surface area contributed by atoms with E-state index in [-0.39, 0.29) is 10.8 Å². The molecule has 0 radical (unpaired) electrons. The van der Waals surface area contributed by atoms with Crippen molar-refractivity contribution < 1.29 is 0 Å². The second kappa shape index (κ2) is 30.6. The van der Waals surface area contributed by atoms with Gasteiger partial charge in [0.05, 0.1) is 11.7 Å². The molecule has 14 aromatic carbocycles. The van der Waals surface area contributed by atoms with Gasteiger partial charge in [-0.05, 0) is 178 Å². The number of para-hydroxylation sites is 8. The van der Waals surface area contributed by atoms with Gasteiger partial charge in [0.1, 0.15) is 11.0 Å². The average Bonchev–Trinajstić information content (AvgIpc) is 1.57. The first kappa shape index (κ1) is 71.2. The molecule has 0 amide bonds. The number of fused-ring (bicyclic) bond motifs is 20. The van der Waals surface area contributed by atoms with E-state index in [1.807, 2.05) is 0 Å². The SMILES string of the molecule is c1ccc2c(c1)-c1ccc(-c3c4ccccc4c(-c4ccc5c(c4)C(CCCCCCn4c6ccccc6c6ccccc64)(CCCCCCn4c6ccccc6c6ccccc64)c4ccccc4-5)c4nsnc34)cc1C2(CCCCCCn1c2ccccc2c2ccccc21)CCCCCCn1c2ccccc2c2ccccc21.